The molecule has 6 aromatic carbocycles. The van der Waals surface area contributed by atoms with Gasteiger partial charge in [-0.05, 0) is 151 Å². The van der Waals surface area contributed by atoms with Crippen LogP contribution in [0.1, 0.15) is 108 Å². The minimum absolute atomic E-state index is 0. The van der Waals surface area contributed by atoms with Crippen LogP contribution in [0.2, 0.25) is 0 Å². The maximum absolute atomic E-state index is 12.1. The molecular weight excluding hydrogens is 1320 g/mol. The molecule has 2 N–H and O–H groups in total. The van der Waals surface area contributed by atoms with E-state index in [1.165, 1.54) is 42.7 Å². The monoisotopic (exact) mass is 1410 g/mol. The van der Waals surface area contributed by atoms with Crippen molar-refractivity contribution < 1.29 is 67.2 Å². The zero-order valence-corrected chi connectivity index (χ0v) is 58.9. The van der Waals surface area contributed by atoms with Gasteiger partial charge >= 0.3 is 30.0 Å². The molecule has 5 radical (unpaired) electrons. The Balaban J connectivity index is 0.000000194. The maximum atomic E-state index is 12.1. The summed E-state index contributed by atoms with van der Waals surface area (Å²) in [6.07, 6.45) is 5.78. The number of aldehydes is 1. The number of carboxylic acids is 2. The molecule has 13 rings (SSSR count). The lowest BCUT2D eigenvalue weighted by molar-refractivity contribution is -0.148. The molecule has 25 heteroatoms. The Morgan fingerprint density at radius 3 is 1.00 bits per heavy atom. The van der Waals surface area contributed by atoms with Gasteiger partial charge in [0.25, 0.3) is 0 Å². The summed E-state index contributed by atoms with van der Waals surface area (Å²) in [7, 11) is 19.0. The number of carbonyl (C=O) groups excluding carboxylic acids is 1. The fraction of sp³-hybridized carbons (Fsp3) is 0.354. The second-order valence-corrected chi connectivity index (χ2v) is 24.9. The Labute approximate surface area is 612 Å². The smallest absolute Gasteiger partial charge is 0.324 e. The Morgan fingerprint density at radius 2 is 0.740 bits per heavy atom. The van der Waals surface area contributed by atoms with Gasteiger partial charge in [0.05, 0.1) is 53.8 Å². The van der Waals surface area contributed by atoms with Crippen LogP contribution in [0, 0.1) is 32.6 Å². The molecule has 9 aromatic rings. The molecule has 104 heavy (non-hydrogen) atoms. The van der Waals surface area contributed by atoms with Crippen LogP contribution in [0.25, 0.3) is 33.4 Å². The average molecular weight is 1410 g/mol. The van der Waals surface area contributed by atoms with Crippen molar-refractivity contribution in [2.24, 2.45) is 11.8 Å². The number of benzene rings is 6. The van der Waals surface area contributed by atoms with Gasteiger partial charge in [0.2, 0.25) is 35.3 Å². The first-order valence-electron chi connectivity index (χ1n) is 33.5. The molecule has 2 saturated carbocycles. The first-order valence-corrected chi connectivity index (χ1v) is 33.5. The Bertz CT molecular complexity index is 4110. The standard InChI is InChI=1S/2C28H31N3O5.C21H20N2O4.2CH4.B3/c2*1-18-20(11-7-13-22(18)19-9-5-4-6-10-19)17-36-27-29-24(34-2)23(25(30-27)35-3)16-31-14-8-12-21-15-28(21,31)26(32)33;1-14-16(10-7-11-17(14)15-8-5-4-6-9-15)13-27-21-22-19(25-2)18(12-24)20(23-21)26-3;;;1-3-2/h2*4-7,9-11,13,21H,8,12,14-17H2,1-3H3,(H,32,33);4-12H,13H2,1-3H3;2*1H4;/t2*21-,28+;;;;/m10..../s1. The van der Waals surface area contributed by atoms with Gasteiger partial charge in [-0.2, -0.15) is 29.9 Å². The molecule has 4 fully saturated rings. The molecule has 0 amide bonds. The molecule has 0 bridgehead atoms. The molecule has 4 atom stereocenters. The number of nitrogens with zero attached hydrogens (tertiary/aromatic N) is 8. The predicted molar refractivity (Wildman–Crippen MR) is 401 cm³/mol. The molecule has 0 spiro atoms. The Morgan fingerprint density at radius 1 is 0.462 bits per heavy atom. The van der Waals surface area contributed by atoms with Gasteiger partial charge in [-0.15, -0.1) is 0 Å². The Hall–Kier alpha value is -10.5. The van der Waals surface area contributed by atoms with Crippen molar-refractivity contribution in [1.29, 1.82) is 0 Å². The summed E-state index contributed by atoms with van der Waals surface area (Å²) in [5, 5.41) is 19.8. The number of carboxylic acid groups (broad SMARTS) is 2. The zero-order valence-electron chi connectivity index (χ0n) is 58.9. The van der Waals surface area contributed by atoms with Crippen molar-refractivity contribution in [2.45, 2.75) is 118 Å². The normalized spacial score (nSPS) is 17.3. The van der Waals surface area contributed by atoms with Crippen LogP contribution in [0.15, 0.2) is 146 Å². The van der Waals surface area contributed by atoms with Gasteiger partial charge in [0.15, 0.2) is 6.29 Å². The highest BCUT2D eigenvalue weighted by molar-refractivity contribution is 7.17. The molecule has 2 aliphatic heterocycles. The third kappa shape index (κ3) is 17.6. The van der Waals surface area contributed by atoms with Gasteiger partial charge in [0, 0.05) is 35.6 Å². The summed E-state index contributed by atoms with van der Waals surface area (Å²) in [4.78, 5) is 65.6. The van der Waals surface area contributed by atoms with E-state index < -0.39 is 23.0 Å². The topological polar surface area (TPSA) is 259 Å². The molecule has 539 valence electrons. The molecular formula is C79H90B3N8O14. The van der Waals surface area contributed by atoms with E-state index in [1.807, 2.05) is 101 Å². The highest BCUT2D eigenvalue weighted by atomic mass is 16.5. The largest absolute Gasteiger partial charge is 0.481 e. The molecule has 3 aromatic heterocycles. The van der Waals surface area contributed by atoms with E-state index in [-0.39, 0.29) is 81.9 Å². The van der Waals surface area contributed by atoms with Gasteiger partial charge in [-0.25, -0.2) is 0 Å². The first-order chi connectivity index (χ1) is 49.5. The second-order valence-electron chi connectivity index (χ2n) is 24.9. The van der Waals surface area contributed by atoms with E-state index in [4.69, 9.17) is 42.6 Å². The number of hydrogen-bond donors (Lipinski definition) is 2. The third-order valence-corrected chi connectivity index (χ3v) is 19.3. The van der Waals surface area contributed by atoms with Gasteiger partial charge in [-0.1, -0.05) is 160 Å². The van der Waals surface area contributed by atoms with Crippen molar-refractivity contribution in [2.75, 3.05) is 55.7 Å². The number of rotatable bonds is 25. The van der Waals surface area contributed by atoms with Gasteiger partial charge in [0.1, 0.15) is 36.5 Å². The summed E-state index contributed by atoms with van der Waals surface area (Å²) in [5.41, 5.74) is 13.1. The van der Waals surface area contributed by atoms with Crippen molar-refractivity contribution in [3.8, 4) is 86.7 Å². The highest BCUT2D eigenvalue weighted by Gasteiger charge is 2.66. The summed E-state index contributed by atoms with van der Waals surface area (Å²) in [6, 6.07) is 49.3. The van der Waals surface area contributed by atoms with E-state index in [9.17, 15) is 24.6 Å². The number of ether oxygens (including phenoxy) is 9. The lowest BCUT2D eigenvalue weighted by atomic mass is 9.40. The van der Waals surface area contributed by atoms with E-state index in [1.54, 1.807) is 0 Å². The van der Waals surface area contributed by atoms with E-state index in [0.717, 1.165) is 99.5 Å². The van der Waals surface area contributed by atoms with Crippen LogP contribution in [0.5, 0.6) is 53.3 Å². The summed E-state index contributed by atoms with van der Waals surface area (Å²) in [5.74, 6) is 0.398. The van der Waals surface area contributed by atoms with Crippen molar-refractivity contribution in [3.63, 3.8) is 0 Å². The van der Waals surface area contributed by atoms with Crippen LogP contribution >= 0.6 is 0 Å². The van der Waals surface area contributed by atoms with Gasteiger partial charge in [-0.3, -0.25) is 24.2 Å². The minimum Gasteiger partial charge on any atom is -0.481 e. The summed E-state index contributed by atoms with van der Waals surface area (Å²) < 4.78 is 50.3. The van der Waals surface area contributed by atoms with Crippen LogP contribution < -0.4 is 42.6 Å². The quantitative estimate of drug-likeness (QED) is 0.0398. The maximum Gasteiger partial charge on any atom is 0.324 e. The third-order valence-electron chi connectivity index (χ3n) is 19.3. The van der Waals surface area contributed by atoms with Crippen molar-refractivity contribution in [3.05, 3.63) is 196 Å². The van der Waals surface area contributed by atoms with E-state index in [2.05, 4.69) is 121 Å². The van der Waals surface area contributed by atoms with E-state index in [0.29, 0.717) is 80.0 Å². The molecule has 4 aliphatic rings. The molecule has 2 saturated heterocycles. The second kappa shape index (κ2) is 36.6. The molecule has 22 nitrogen and oxygen atoms in total. The molecule has 2 aliphatic carbocycles. The number of piperidine rings is 2. The first kappa shape index (κ1) is 79.2. The number of hydrogen-bond acceptors (Lipinski definition) is 20. The number of methoxy groups -OCH3 is 6. The van der Waals surface area contributed by atoms with Crippen LogP contribution in [-0.4, -0.2) is 158 Å². The van der Waals surface area contributed by atoms with E-state index >= 15 is 0 Å². The number of aromatic nitrogens is 6. The fourth-order valence-electron chi connectivity index (χ4n) is 13.7. The minimum atomic E-state index is -0.801. The van der Waals surface area contributed by atoms with Crippen molar-refractivity contribution >= 4 is 40.8 Å². The number of fused-ring (bicyclic) bond motifs is 2. The SMILES string of the molecule is C.C.COc1nc(OCc2cccc(-c3ccccc3)c2C)nc(OC)c1C=O.COc1nc(OCc2cccc(-c3ccccc3)c2C)nc(OC)c1CN1CCC[C@@H]2C[C@@]21C(=O)O.COc1nc(OCc2cccc(-c3ccccc3)c2C)nc(OC)c1CN1CCC[C@H]2C[C@]21C(=O)O.[B][B][B]. The number of likely N-dealkylation sites (tertiary alicyclic amines) is 2. The Kier molecular flexibility index (Phi) is 27.8. The lowest BCUT2D eigenvalue weighted by Crippen LogP contribution is -2.47. The lowest BCUT2D eigenvalue weighted by Gasteiger charge is -2.33. The number of aliphatic carboxylic acids is 2. The fourth-order valence-corrected chi connectivity index (χ4v) is 13.7. The summed E-state index contributed by atoms with van der Waals surface area (Å²) in [6.45, 7) is 9.14. The average Bonchev–Trinajstić information content (AvgIpc) is 1.56. The summed E-state index contributed by atoms with van der Waals surface area (Å²) >= 11 is 0. The van der Waals surface area contributed by atoms with Crippen molar-refractivity contribution in [1.82, 2.24) is 39.7 Å². The number of carbonyl (C=O) groups is 3. The highest BCUT2D eigenvalue weighted by Crippen LogP contribution is 2.56. The van der Waals surface area contributed by atoms with Crippen LogP contribution in [-0.2, 0) is 42.5 Å². The van der Waals surface area contributed by atoms with Gasteiger partial charge < -0.3 is 52.8 Å². The molecule has 5 heterocycles. The predicted octanol–water partition coefficient (Wildman–Crippen LogP) is 13.0. The zero-order chi connectivity index (χ0) is 72.5. The van der Waals surface area contributed by atoms with Crippen LogP contribution in [0.4, 0.5) is 0 Å². The molecule has 0 unspecified atom stereocenters. The van der Waals surface area contributed by atoms with Crippen LogP contribution in [0.3, 0.4) is 0 Å².